The fourth-order valence-electron chi connectivity index (χ4n) is 1.41. The summed E-state index contributed by atoms with van der Waals surface area (Å²) in [7, 11) is 1.78. The van der Waals surface area contributed by atoms with Crippen LogP contribution in [0.1, 0.15) is 40.0 Å². The Morgan fingerprint density at radius 1 is 1.43 bits per heavy atom. The first-order chi connectivity index (χ1) is 6.58. The normalized spacial score (nSPS) is 12.3. The van der Waals surface area contributed by atoms with Gasteiger partial charge in [0.25, 0.3) is 0 Å². The molecule has 14 heavy (non-hydrogen) atoms. The second kappa shape index (κ2) is 6.42. The first-order valence-corrected chi connectivity index (χ1v) is 5.22. The summed E-state index contributed by atoms with van der Waals surface area (Å²) in [5.74, 6) is 0.277. The second-order valence-electron chi connectivity index (χ2n) is 3.67. The van der Waals surface area contributed by atoms with Crippen molar-refractivity contribution in [2.24, 2.45) is 5.92 Å². The van der Waals surface area contributed by atoms with Gasteiger partial charge in [0, 0.05) is 19.0 Å². The zero-order chi connectivity index (χ0) is 11.1. The van der Waals surface area contributed by atoms with E-state index in [1.165, 1.54) is 0 Å². The van der Waals surface area contributed by atoms with Crippen molar-refractivity contribution in [3.8, 4) is 6.07 Å². The number of rotatable bonds is 5. The SMILES string of the molecule is CCC(CC)C(=O)N(C)C(C)CC#N. The topological polar surface area (TPSA) is 44.1 Å². The van der Waals surface area contributed by atoms with E-state index < -0.39 is 0 Å². The number of carbonyl (C=O) groups excluding carboxylic acids is 1. The Hall–Kier alpha value is -1.04. The van der Waals surface area contributed by atoms with Gasteiger partial charge in [0.15, 0.2) is 0 Å². The van der Waals surface area contributed by atoms with E-state index >= 15 is 0 Å². The fourth-order valence-corrected chi connectivity index (χ4v) is 1.41. The lowest BCUT2D eigenvalue weighted by molar-refractivity contribution is -0.136. The first-order valence-electron chi connectivity index (χ1n) is 5.22. The first kappa shape index (κ1) is 13.0. The van der Waals surface area contributed by atoms with Crippen molar-refractivity contribution in [2.75, 3.05) is 7.05 Å². The minimum Gasteiger partial charge on any atom is -0.342 e. The highest BCUT2D eigenvalue weighted by Crippen LogP contribution is 2.13. The van der Waals surface area contributed by atoms with E-state index in [-0.39, 0.29) is 17.9 Å². The van der Waals surface area contributed by atoms with Crippen LogP contribution in [0.15, 0.2) is 0 Å². The summed E-state index contributed by atoms with van der Waals surface area (Å²) in [6.07, 6.45) is 2.15. The predicted octanol–water partition coefficient (Wildman–Crippen LogP) is 2.18. The van der Waals surface area contributed by atoms with Gasteiger partial charge < -0.3 is 4.90 Å². The maximum atomic E-state index is 11.8. The lowest BCUT2D eigenvalue weighted by atomic mass is 10.0. The fraction of sp³-hybridized carbons (Fsp3) is 0.818. The zero-order valence-corrected chi connectivity index (χ0v) is 9.58. The molecule has 0 radical (unpaired) electrons. The predicted molar refractivity (Wildman–Crippen MR) is 56.5 cm³/mol. The summed E-state index contributed by atoms with van der Waals surface area (Å²) in [5.41, 5.74) is 0. The van der Waals surface area contributed by atoms with Crippen molar-refractivity contribution >= 4 is 5.91 Å². The van der Waals surface area contributed by atoms with Crippen molar-refractivity contribution in [2.45, 2.75) is 46.1 Å². The van der Waals surface area contributed by atoms with Gasteiger partial charge in [-0.15, -0.1) is 0 Å². The quantitative estimate of drug-likeness (QED) is 0.676. The van der Waals surface area contributed by atoms with Crippen molar-refractivity contribution in [1.82, 2.24) is 4.90 Å². The molecular weight excluding hydrogens is 176 g/mol. The van der Waals surface area contributed by atoms with Crippen LogP contribution < -0.4 is 0 Å². The van der Waals surface area contributed by atoms with Gasteiger partial charge in [0.05, 0.1) is 12.5 Å². The molecule has 0 saturated heterocycles. The number of carbonyl (C=O) groups is 1. The Morgan fingerprint density at radius 3 is 2.29 bits per heavy atom. The third kappa shape index (κ3) is 3.37. The molecule has 0 heterocycles. The number of hydrogen-bond donors (Lipinski definition) is 0. The molecule has 80 valence electrons. The maximum Gasteiger partial charge on any atom is 0.225 e. The molecule has 0 N–H and O–H groups in total. The van der Waals surface area contributed by atoms with Crippen LogP contribution in [0, 0.1) is 17.2 Å². The number of nitriles is 1. The lowest BCUT2D eigenvalue weighted by Gasteiger charge is -2.26. The summed E-state index contributed by atoms with van der Waals surface area (Å²) in [6, 6.07) is 2.11. The van der Waals surface area contributed by atoms with Gasteiger partial charge in [-0.2, -0.15) is 5.26 Å². The highest BCUT2D eigenvalue weighted by Gasteiger charge is 2.21. The summed E-state index contributed by atoms with van der Waals surface area (Å²) >= 11 is 0. The standard InChI is InChI=1S/C11H20N2O/c1-5-10(6-2)11(14)13(4)9(3)7-8-12/h9-10H,5-7H2,1-4H3. The van der Waals surface area contributed by atoms with E-state index in [1.54, 1.807) is 11.9 Å². The molecule has 0 saturated carbocycles. The molecule has 0 fully saturated rings. The molecule has 1 unspecified atom stereocenters. The lowest BCUT2D eigenvalue weighted by Crippen LogP contribution is -2.38. The molecule has 0 aromatic heterocycles. The summed E-state index contributed by atoms with van der Waals surface area (Å²) < 4.78 is 0. The molecule has 0 spiro atoms. The second-order valence-corrected chi connectivity index (χ2v) is 3.67. The smallest absolute Gasteiger partial charge is 0.225 e. The van der Waals surface area contributed by atoms with Gasteiger partial charge in [-0.25, -0.2) is 0 Å². The summed E-state index contributed by atoms with van der Waals surface area (Å²) in [6.45, 7) is 5.95. The van der Waals surface area contributed by atoms with Crippen LogP contribution in [0.4, 0.5) is 0 Å². The van der Waals surface area contributed by atoms with Crippen LogP contribution in [0.3, 0.4) is 0 Å². The highest BCUT2D eigenvalue weighted by atomic mass is 16.2. The van der Waals surface area contributed by atoms with Gasteiger partial charge in [-0.3, -0.25) is 4.79 Å². The third-order valence-electron chi connectivity index (χ3n) is 2.73. The van der Waals surface area contributed by atoms with Crippen LogP contribution in [0.2, 0.25) is 0 Å². The number of amides is 1. The van der Waals surface area contributed by atoms with Gasteiger partial charge in [0.1, 0.15) is 0 Å². The van der Waals surface area contributed by atoms with E-state index in [0.29, 0.717) is 6.42 Å². The molecule has 0 bridgehead atoms. The third-order valence-corrected chi connectivity index (χ3v) is 2.73. The Morgan fingerprint density at radius 2 is 1.93 bits per heavy atom. The molecule has 0 aromatic rings. The Bertz CT molecular complexity index is 216. The van der Waals surface area contributed by atoms with Crippen LogP contribution in [-0.4, -0.2) is 23.9 Å². The van der Waals surface area contributed by atoms with E-state index in [4.69, 9.17) is 5.26 Å². The Labute approximate surface area is 86.7 Å². The average Bonchev–Trinajstić information content (AvgIpc) is 2.18. The van der Waals surface area contributed by atoms with Crippen LogP contribution >= 0.6 is 0 Å². The van der Waals surface area contributed by atoms with E-state index in [1.807, 2.05) is 20.8 Å². The average molecular weight is 196 g/mol. The highest BCUT2D eigenvalue weighted by molar-refractivity contribution is 5.78. The van der Waals surface area contributed by atoms with Crippen molar-refractivity contribution in [1.29, 1.82) is 5.26 Å². The molecule has 1 atom stereocenters. The molecule has 1 amide bonds. The molecule has 0 aliphatic carbocycles. The molecule has 0 aromatic carbocycles. The molecule has 3 heteroatoms. The van der Waals surface area contributed by atoms with Gasteiger partial charge in [0.2, 0.25) is 5.91 Å². The van der Waals surface area contributed by atoms with Gasteiger partial charge >= 0.3 is 0 Å². The van der Waals surface area contributed by atoms with Crippen molar-refractivity contribution in [3.63, 3.8) is 0 Å². The van der Waals surface area contributed by atoms with Crippen LogP contribution in [0.5, 0.6) is 0 Å². The van der Waals surface area contributed by atoms with E-state index in [0.717, 1.165) is 12.8 Å². The molecule has 0 aliphatic heterocycles. The Kier molecular flexibility index (Phi) is 5.94. The molecule has 3 nitrogen and oxygen atoms in total. The molecule has 0 rings (SSSR count). The summed E-state index contributed by atoms with van der Waals surface area (Å²) in [5, 5.41) is 8.53. The Balaban J connectivity index is 4.30. The van der Waals surface area contributed by atoms with Crippen LogP contribution in [-0.2, 0) is 4.79 Å². The zero-order valence-electron chi connectivity index (χ0n) is 9.58. The van der Waals surface area contributed by atoms with Gasteiger partial charge in [-0.05, 0) is 19.8 Å². The molecule has 0 aliphatic rings. The van der Waals surface area contributed by atoms with E-state index in [2.05, 4.69) is 6.07 Å². The van der Waals surface area contributed by atoms with Crippen molar-refractivity contribution < 1.29 is 4.79 Å². The monoisotopic (exact) mass is 196 g/mol. The van der Waals surface area contributed by atoms with Crippen molar-refractivity contribution in [3.05, 3.63) is 0 Å². The van der Waals surface area contributed by atoms with E-state index in [9.17, 15) is 4.79 Å². The number of nitrogens with zero attached hydrogens (tertiary/aromatic N) is 2. The van der Waals surface area contributed by atoms with Gasteiger partial charge in [-0.1, -0.05) is 13.8 Å². The largest absolute Gasteiger partial charge is 0.342 e. The minimum absolute atomic E-state index is 0.0214. The molecular formula is C11H20N2O. The minimum atomic E-state index is 0.0214. The maximum absolute atomic E-state index is 11.8. The summed E-state index contributed by atoms with van der Waals surface area (Å²) in [4.78, 5) is 13.5. The van der Waals surface area contributed by atoms with Crippen LogP contribution in [0.25, 0.3) is 0 Å². The number of hydrogen-bond acceptors (Lipinski definition) is 2.